The summed E-state index contributed by atoms with van der Waals surface area (Å²) < 4.78 is 0. The molecule has 0 saturated carbocycles. The Morgan fingerprint density at radius 1 is 1.24 bits per heavy atom. The highest BCUT2D eigenvalue weighted by atomic mass is 32.2. The molecule has 4 nitrogen and oxygen atoms in total. The molecule has 2 rings (SSSR count). The molecule has 1 aliphatic heterocycles. The summed E-state index contributed by atoms with van der Waals surface area (Å²) in [4.78, 5) is 27.5. The number of nitrogens with one attached hydrogen (secondary N) is 1. The summed E-state index contributed by atoms with van der Waals surface area (Å²) in [6.07, 6.45) is 0.643. The number of nitrogens with zero attached hydrogens (tertiary/aromatic N) is 1. The van der Waals surface area contributed by atoms with Gasteiger partial charge in [0, 0.05) is 17.2 Å². The fraction of sp³-hybridized carbons (Fsp3) is 0.500. The second-order valence-corrected chi connectivity index (χ2v) is 6.87. The highest BCUT2D eigenvalue weighted by molar-refractivity contribution is 7.99. The third kappa shape index (κ3) is 3.59. The fourth-order valence-electron chi connectivity index (χ4n) is 2.53. The van der Waals surface area contributed by atoms with Crippen LogP contribution >= 0.6 is 11.8 Å². The number of carbonyl (C=O) groups is 2. The molecule has 1 saturated heterocycles. The Morgan fingerprint density at radius 3 is 2.52 bits per heavy atom. The van der Waals surface area contributed by atoms with E-state index in [2.05, 4.69) is 17.4 Å². The predicted molar refractivity (Wildman–Crippen MR) is 85.2 cm³/mol. The van der Waals surface area contributed by atoms with E-state index in [4.69, 9.17) is 0 Å². The van der Waals surface area contributed by atoms with E-state index in [-0.39, 0.29) is 17.9 Å². The van der Waals surface area contributed by atoms with E-state index in [1.165, 1.54) is 4.90 Å². The summed E-state index contributed by atoms with van der Waals surface area (Å²) in [6, 6.07) is 9.74. The van der Waals surface area contributed by atoms with Crippen molar-refractivity contribution in [3.05, 3.63) is 30.3 Å². The first-order chi connectivity index (χ1) is 9.95. The van der Waals surface area contributed by atoms with Crippen molar-refractivity contribution in [1.82, 2.24) is 10.2 Å². The zero-order valence-corrected chi connectivity index (χ0v) is 13.6. The van der Waals surface area contributed by atoms with Crippen LogP contribution in [0, 0.1) is 0 Å². The second-order valence-electron chi connectivity index (χ2n) is 5.70. The highest BCUT2D eigenvalue weighted by Crippen LogP contribution is 2.22. The Labute approximate surface area is 130 Å². The minimum absolute atomic E-state index is 0.00242. The van der Waals surface area contributed by atoms with Crippen molar-refractivity contribution in [2.24, 2.45) is 0 Å². The van der Waals surface area contributed by atoms with Crippen molar-refractivity contribution in [1.29, 1.82) is 0 Å². The average Bonchev–Trinajstić information content (AvgIpc) is 2.45. The van der Waals surface area contributed by atoms with E-state index >= 15 is 0 Å². The van der Waals surface area contributed by atoms with Gasteiger partial charge in [0.25, 0.3) is 0 Å². The van der Waals surface area contributed by atoms with E-state index < -0.39 is 5.54 Å². The van der Waals surface area contributed by atoms with Crippen LogP contribution in [0.2, 0.25) is 0 Å². The SMILES string of the molecule is CCC1C(=O)NC(C)(C)C(=O)N1CCSc1ccccc1. The Hall–Kier alpha value is -1.49. The number of hydrogen-bond acceptors (Lipinski definition) is 3. The lowest BCUT2D eigenvalue weighted by atomic mass is 9.96. The standard InChI is InChI=1S/C16H22N2O2S/c1-4-13-14(19)17-16(2,3)15(20)18(13)10-11-21-12-8-6-5-7-9-12/h5-9,13H,4,10-11H2,1-3H3,(H,17,19). The maximum Gasteiger partial charge on any atom is 0.248 e. The van der Waals surface area contributed by atoms with Crippen LogP contribution in [0.4, 0.5) is 0 Å². The Bertz CT molecular complexity index is 516. The van der Waals surface area contributed by atoms with Gasteiger partial charge in [-0.25, -0.2) is 0 Å². The van der Waals surface area contributed by atoms with Gasteiger partial charge in [-0.1, -0.05) is 25.1 Å². The van der Waals surface area contributed by atoms with Crippen molar-refractivity contribution in [2.75, 3.05) is 12.3 Å². The smallest absolute Gasteiger partial charge is 0.248 e. The van der Waals surface area contributed by atoms with Crippen molar-refractivity contribution in [2.45, 2.75) is 43.7 Å². The summed E-state index contributed by atoms with van der Waals surface area (Å²) in [5, 5.41) is 2.81. The molecular weight excluding hydrogens is 284 g/mol. The van der Waals surface area contributed by atoms with Crippen LogP contribution in [0.15, 0.2) is 35.2 Å². The van der Waals surface area contributed by atoms with Crippen LogP contribution in [-0.4, -0.2) is 40.6 Å². The first kappa shape index (κ1) is 15.9. The lowest BCUT2D eigenvalue weighted by Gasteiger charge is -2.42. The first-order valence-electron chi connectivity index (χ1n) is 7.26. The molecule has 0 radical (unpaired) electrons. The van der Waals surface area contributed by atoms with Crippen molar-refractivity contribution < 1.29 is 9.59 Å². The highest BCUT2D eigenvalue weighted by Gasteiger charge is 2.44. The third-order valence-corrected chi connectivity index (χ3v) is 4.63. The topological polar surface area (TPSA) is 49.4 Å². The van der Waals surface area contributed by atoms with Crippen LogP contribution in [0.25, 0.3) is 0 Å². The lowest BCUT2D eigenvalue weighted by Crippen LogP contribution is -2.68. The molecule has 114 valence electrons. The molecule has 1 aromatic rings. The molecule has 1 fully saturated rings. The molecule has 5 heteroatoms. The number of hydrogen-bond donors (Lipinski definition) is 1. The first-order valence-corrected chi connectivity index (χ1v) is 8.25. The number of rotatable bonds is 5. The second kappa shape index (κ2) is 6.52. The Kier molecular flexibility index (Phi) is 4.93. The monoisotopic (exact) mass is 306 g/mol. The molecule has 0 bridgehead atoms. The zero-order valence-electron chi connectivity index (χ0n) is 12.8. The maximum atomic E-state index is 12.5. The predicted octanol–water partition coefficient (Wildman–Crippen LogP) is 2.29. The van der Waals surface area contributed by atoms with E-state index in [9.17, 15) is 9.59 Å². The molecule has 1 aromatic carbocycles. The summed E-state index contributed by atoms with van der Waals surface area (Å²) >= 11 is 1.70. The molecule has 1 N–H and O–H groups in total. The van der Waals surface area contributed by atoms with Gasteiger partial charge < -0.3 is 10.2 Å². The largest absolute Gasteiger partial charge is 0.340 e. The van der Waals surface area contributed by atoms with Gasteiger partial charge >= 0.3 is 0 Å². The molecule has 1 heterocycles. The molecule has 1 aliphatic rings. The van der Waals surface area contributed by atoms with E-state index in [0.717, 1.165) is 5.75 Å². The fourth-order valence-corrected chi connectivity index (χ4v) is 3.40. The summed E-state index contributed by atoms with van der Waals surface area (Å²) in [5.41, 5.74) is -0.805. The summed E-state index contributed by atoms with van der Waals surface area (Å²) in [7, 11) is 0. The van der Waals surface area contributed by atoms with Gasteiger partial charge in [-0.15, -0.1) is 11.8 Å². The molecule has 1 unspecified atom stereocenters. The molecule has 21 heavy (non-hydrogen) atoms. The van der Waals surface area contributed by atoms with Crippen LogP contribution in [0.1, 0.15) is 27.2 Å². The lowest BCUT2D eigenvalue weighted by molar-refractivity contribution is -0.153. The van der Waals surface area contributed by atoms with Crippen LogP contribution < -0.4 is 5.32 Å². The number of benzene rings is 1. The molecular formula is C16H22N2O2S. The molecule has 0 spiro atoms. The number of piperazine rings is 1. The van der Waals surface area contributed by atoms with Crippen LogP contribution in [0.5, 0.6) is 0 Å². The third-order valence-electron chi connectivity index (χ3n) is 3.64. The zero-order chi connectivity index (χ0) is 15.5. The minimum Gasteiger partial charge on any atom is -0.340 e. The van der Waals surface area contributed by atoms with Crippen molar-refractivity contribution in [3.63, 3.8) is 0 Å². The van der Waals surface area contributed by atoms with Gasteiger partial charge in [-0.3, -0.25) is 9.59 Å². The quantitative estimate of drug-likeness (QED) is 0.849. The van der Waals surface area contributed by atoms with Gasteiger partial charge in [-0.2, -0.15) is 0 Å². The normalized spacial score (nSPS) is 21.3. The molecule has 0 aliphatic carbocycles. The summed E-state index contributed by atoms with van der Waals surface area (Å²) in [5.74, 6) is 0.740. The molecule has 0 aromatic heterocycles. The number of amides is 2. The van der Waals surface area contributed by atoms with Crippen molar-refractivity contribution in [3.8, 4) is 0 Å². The van der Waals surface area contributed by atoms with Crippen LogP contribution in [-0.2, 0) is 9.59 Å². The Balaban J connectivity index is 2.01. The van der Waals surface area contributed by atoms with Crippen molar-refractivity contribution >= 4 is 23.6 Å². The average molecular weight is 306 g/mol. The summed E-state index contributed by atoms with van der Waals surface area (Å²) in [6.45, 7) is 6.05. The number of thioether (sulfide) groups is 1. The van der Waals surface area contributed by atoms with E-state index in [0.29, 0.717) is 13.0 Å². The van der Waals surface area contributed by atoms with E-state index in [1.54, 1.807) is 30.5 Å². The molecule has 2 amide bonds. The van der Waals surface area contributed by atoms with Crippen LogP contribution in [0.3, 0.4) is 0 Å². The Morgan fingerprint density at radius 2 is 1.90 bits per heavy atom. The number of carbonyl (C=O) groups excluding carboxylic acids is 2. The van der Waals surface area contributed by atoms with Gasteiger partial charge in [0.15, 0.2) is 0 Å². The maximum absolute atomic E-state index is 12.5. The van der Waals surface area contributed by atoms with Gasteiger partial charge in [0.2, 0.25) is 11.8 Å². The molecule has 1 atom stereocenters. The van der Waals surface area contributed by atoms with Gasteiger partial charge in [-0.05, 0) is 32.4 Å². The van der Waals surface area contributed by atoms with E-state index in [1.807, 2.05) is 25.1 Å². The minimum atomic E-state index is -0.805. The van der Waals surface area contributed by atoms with Gasteiger partial charge in [0.05, 0.1) is 0 Å². The van der Waals surface area contributed by atoms with Gasteiger partial charge in [0.1, 0.15) is 11.6 Å².